The molecule has 1 N–H and O–H groups in total. The van der Waals surface area contributed by atoms with Crippen molar-refractivity contribution in [2.24, 2.45) is 5.41 Å². The van der Waals surface area contributed by atoms with Crippen LogP contribution in [0.3, 0.4) is 0 Å². The molecule has 2 aliphatic rings. The lowest BCUT2D eigenvalue weighted by Gasteiger charge is -2.49. The van der Waals surface area contributed by atoms with Crippen molar-refractivity contribution >= 4 is 0 Å². The molecule has 3 rings (SSSR count). The third-order valence-electron chi connectivity index (χ3n) is 3.75. The molecule has 4 heteroatoms. The van der Waals surface area contributed by atoms with Crippen molar-refractivity contribution in [2.45, 2.75) is 31.6 Å². The lowest BCUT2D eigenvalue weighted by molar-refractivity contribution is 0.0461. The minimum atomic E-state index is 0.538. The molecule has 2 heterocycles. The third-order valence-corrected chi connectivity index (χ3v) is 3.75. The zero-order valence-electron chi connectivity index (χ0n) is 8.20. The van der Waals surface area contributed by atoms with Gasteiger partial charge in [0.1, 0.15) is 0 Å². The Balaban J connectivity index is 1.65. The van der Waals surface area contributed by atoms with Crippen molar-refractivity contribution in [3.63, 3.8) is 0 Å². The molecule has 0 radical (unpaired) electrons. The Labute approximate surface area is 83.1 Å². The van der Waals surface area contributed by atoms with E-state index < -0.39 is 0 Å². The fourth-order valence-electron chi connectivity index (χ4n) is 2.89. The minimum absolute atomic E-state index is 0.538. The van der Waals surface area contributed by atoms with E-state index in [4.69, 9.17) is 4.52 Å². The molecule has 0 amide bonds. The van der Waals surface area contributed by atoms with Crippen LogP contribution in [0, 0.1) is 5.41 Å². The van der Waals surface area contributed by atoms with Gasteiger partial charge >= 0.3 is 0 Å². The molecule has 1 saturated heterocycles. The van der Waals surface area contributed by atoms with Crippen LogP contribution >= 0.6 is 0 Å². The van der Waals surface area contributed by atoms with Crippen LogP contribution in [0.5, 0.6) is 0 Å². The Bertz CT molecular complexity index is 295. The second kappa shape index (κ2) is 3.05. The first-order chi connectivity index (χ1) is 6.88. The standard InChI is InChI=1S/C10H15N3O/c1-3-11-4-2-10(1)5-8(6-10)9-12-7-13-14-9/h7-8,11H,1-6H2. The van der Waals surface area contributed by atoms with Crippen molar-refractivity contribution in [1.29, 1.82) is 0 Å². The quantitative estimate of drug-likeness (QED) is 0.730. The summed E-state index contributed by atoms with van der Waals surface area (Å²) in [4.78, 5) is 4.12. The molecule has 1 aromatic rings. The summed E-state index contributed by atoms with van der Waals surface area (Å²) in [5.41, 5.74) is 0.602. The molecule has 1 saturated carbocycles. The van der Waals surface area contributed by atoms with Crippen molar-refractivity contribution in [1.82, 2.24) is 15.5 Å². The van der Waals surface area contributed by atoms with E-state index in [1.165, 1.54) is 45.1 Å². The second-order valence-corrected chi connectivity index (χ2v) is 4.63. The number of rotatable bonds is 1. The first-order valence-electron chi connectivity index (χ1n) is 5.35. The fraction of sp³-hybridized carbons (Fsp3) is 0.800. The molecule has 1 aromatic heterocycles. The molecule has 76 valence electrons. The van der Waals surface area contributed by atoms with Crippen LogP contribution in [-0.4, -0.2) is 23.2 Å². The summed E-state index contributed by atoms with van der Waals surface area (Å²) < 4.78 is 5.09. The Hall–Kier alpha value is -0.900. The highest BCUT2D eigenvalue weighted by Gasteiger charge is 2.46. The van der Waals surface area contributed by atoms with Gasteiger partial charge in [0.05, 0.1) is 0 Å². The van der Waals surface area contributed by atoms with Crippen LogP contribution in [0.2, 0.25) is 0 Å². The number of piperidine rings is 1. The van der Waals surface area contributed by atoms with Gasteiger partial charge in [-0.2, -0.15) is 4.98 Å². The Morgan fingerprint density at radius 3 is 2.79 bits per heavy atom. The summed E-state index contributed by atoms with van der Waals surface area (Å²) in [6.45, 7) is 2.35. The maximum atomic E-state index is 5.09. The van der Waals surface area contributed by atoms with Crippen LogP contribution in [0.25, 0.3) is 0 Å². The van der Waals surface area contributed by atoms with E-state index in [0.29, 0.717) is 11.3 Å². The van der Waals surface area contributed by atoms with Crippen LogP contribution < -0.4 is 5.32 Å². The van der Waals surface area contributed by atoms with Gasteiger partial charge in [0.25, 0.3) is 0 Å². The van der Waals surface area contributed by atoms with E-state index in [-0.39, 0.29) is 0 Å². The summed E-state index contributed by atoms with van der Waals surface area (Å²) >= 11 is 0. The van der Waals surface area contributed by atoms with Crippen molar-refractivity contribution in [2.75, 3.05) is 13.1 Å². The monoisotopic (exact) mass is 193 g/mol. The smallest absolute Gasteiger partial charge is 0.229 e. The average Bonchev–Trinajstić information content (AvgIpc) is 2.68. The predicted octanol–water partition coefficient (Wildman–Crippen LogP) is 1.32. The molecule has 0 aromatic carbocycles. The van der Waals surface area contributed by atoms with Gasteiger partial charge in [-0.15, -0.1) is 0 Å². The van der Waals surface area contributed by atoms with E-state index in [1.807, 2.05) is 0 Å². The molecular weight excluding hydrogens is 178 g/mol. The average molecular weight is 193 g/mol. The van der Waals surface area contributed by atoms with Crippen LogP contribution in [-0.2, 0) is 0 Å². The minimum Gasteiger partial charge on any atom is -0.339 e. The van der Waals surface area contributed by atoms with Gasteiger partial charge in [-0.1, -0.05) is 5.16 Å². The zero-order valence-corrected chi connectivity index (χ0v) is 8.20. The Morgan fingerprint density at radius 1 is 1.36 bits per heavy atom. The highest BCUT2D eigenvalue weighted by Crippen LogP contribution is 2.55. The van der Waals surface area contributed by atoms with Gasteiger partial charge in [0.2, 0.25) is 5.89 Å². The Kier molecular flexibility index (Phi) is 1.83. The van der Waals surface area contributed by atoms with E-state index in [2.05, 4.69) is 15.5 Å². The highest BCUT2D eigenvalue weighted by atomic mass is 16.5. The summed E-state index contributed by atoms with van der Waals surface area (Å²) in [7, 11) is 0. The topological polar surface area (TPSA) is 51.0 Å². The van der Waals surface area contributed by atoms with Gasteiger partial charge in [-0.25, -0.2) is 0 Å². The Morgan fingerprint density at radius 2 is 2.14 bits per heavy atom. The predicted molar refractivity (Wildman–Crippen MR) is 50.8 cm³/mol. The molecule has 14 heavy (non-hydrogen) atoms. The zero-order chi connectivity index (χ0) is 9.43. The van der Waals surface area contributed by atoms with Gasteiger partial charge in [-0.3, -0.25) is 0 Å². The van der Waals surface area contributed by atoms with E-state index in [9.17, 15) is 0 Å². The van der Waals surface area contributed by atoms with Crippen molar-refractivity contribution < 1.29 is 4.52 Å². The van der Waals surface area contributed by atoms with E-state index in [1.54, 1.807) is 0 Å². The molecule has 0 bridgehead atoms. The molecule has 4 nitrogen and oxygen atoms in total. The molecule has 1 spiro atoms. The highest BCUT2D eigenvalue weighted by molar-refractivity contribution is 5.06. The molecule has 0 unspecified atom stereocenters. The van der Waals surface area contributed by atoms with Crippen molar-refractivity contribution in [3.8, 4) is 0 Å². The second-order valence-electron chi connectivity index (χ2n) is 4.63. The number of aromatic nitrogens is 2. The summed E-state index contributed by atoms with van der Waals surface area (Å²) in [6, 6.07) is 0. The summed E-state index contributed by atoms with van der Waals surface area (Å²) in [5, 5.41) is 7.07. The summed E-state index contributed by atoms with van der Waals surface area (Å²) in [6.07, 6.45) is 6.63. The van der Waals surface area contributed by atoms with Crippen LogP contribution in [0.1, 0.15) is 37.5 Å². The number of nitrogens with one attached hydrogen (secondary N) is 1. The summed E-state index contributed by atoms with van der Waals surface area (Å²) in [5.74, 6) is 1.38. The fourth-order valence-corrected chi connectivity index (χ4v) is 2.89. The van der Waals surface area contributed by atoms with Crippen LogP contribution in [0.4, 0.5) is 0 Å². The van der Waals surface area contributed by atoms with Crippen molar-refractivity contribution in [3.05, 3.63) is 12.2 Å². The van der Waals surface area contributed by atoms with E-state index >= 15 is 0 Å². The first kappa shape index (κ1) is 8.41. The molecule has 1 aliphatic heterocycles. The molecular formula is C10H15N3O. The number of hydrogen-bond acceptors (Lipinski definition) is 4. The maximum Gasteiger partial charge on any atom is 0.229 e. The maximum absolute atomic E-state index is 5.09. The SMILES string of the molecule is c1noc(C2CC3(CCNCC3)C2)n1. The van der Waals surface area contributed by atoms with Gasteiger partial charge < -0.3 is 9.84 Å². The number of nitrogens with zero attached hydrogens (tertiary/aromatic N) is 2. The first-order valence-corrected chi connectivity index (χ1v) is 5.35. The van der Waals surface area contributed by atoms with Crippen LogP contribution in [0.15, 0.2) is 10.9 Å². The number of hydrogen-bond donors (Lipinski definition) is 1. The lowest BCUT2D eigenvalue weighted by atomic mass is 9.58. The lowest BCUT2D eigenvalue weighted by Crippen LogP contribution is -2.44. The normalized spacial score (nSPS) is 26.3. The molecule has 2 fully saturated rings. The van der Waals surface area contributed by atoms with E-state index in [0.717, 1.165) is 5.89 Å². The van der Waals surface area contributed by atoms with Gasteiger partial charge in [0.15, 0.2) is 6.33 Å². The van der Waals surface area contributed by atoms with Gasteiger partial charge in [-0.05, 0) is 44.2 Å². The van der Waals surface area contributed by atoms with Gasteiger partial charge in [0, 0.05) is 5.92 Å². The molecule has 1 aliphatic carbocycles. The third kappa shape index (κ3) is 1.25. The molecule has 0 atom stereocenters. The largest absolute Gasteiger partial charge is 0.339 e.